The molecule has 1 amide bonds. The Morgan fingerprint density at radius 2 is 1.12 bits per heavy atom. The molecule has 0 fully saturated rings. The lowest BCUT2D eigenvalue weighted by Gasteiger charge is -2.07. The zero-order valence-corrected chi connectivity index (χ0v) is 19.3. The molecule has 196 valence electrons. The van der Waals surface area contributed by atoms with Crippen LogP contribution in [-0.4, -0.2) is 114 Å². The number of ether oxygens (including phenoxy) is 5. The van der Waals surface area contributed by atoms with Gasteiger partial charge in [0.2, 0.25) is 5.91 Å². The van der Waals surface area contributed by atoms with E-state index in [1.807, 2.05) is 0 Å². The first kappa shape index (κ1) is 33.3. The first-order valence-electron chi connectivity index (χ1n) is 10.9. The second-order valence-electron chi connectivity index (χ2n) is 6.42. The third-order valence-corrected chi connectivity index (χ3v) is 3.45. The fourth-order valence-electron chi connectivity index (χ4n) is 1.90. The first-order chi connectivity index (χ1) is 15.9. The molecule has 0 aromatic rings. The number of carboxylic acid groups (broad SMARTS) is 2. The van der Waals surface area contributed by atoms with Gasteiger partial charge in [0.25, 0.3) is 0 Å². The maximum Gasteiger partial charge on any atom is 0.329 e. The molecule has 7 N–H and O–H groups in total. The first-order valence-corrected chi connectivity index (χ1v) is 10.9. The van der Waals surface area contributed by atoms with E-state index in [2.05, 4.69) is 10.1 Å². The van der Waals surface area contributed by atoms with Crippen LogP contribution in [0.15, 0.2) is 0 Å². The summed E-state index contributed by atoms with van der Waals surface area (Å²) in [6, 6.07) is 0. The summed E-state index contributed by atoms with van der Waals surface area (Å²) in [5.74, 6) is -2.19. The van der Waals surface area contributed by atoms with Crippen LogP contribution in [0, 0.1) is 0 Å². The summed E-state index contributed by atoms with van der Waals surface area (Å²) in [5.41, 5.74) is 10.5. The van der Waals surface area contributed by atoms with Crippen LogP contribution in [0.4, 0.5) is 0 Å². The number of carboxylic acids is 2. The van der Waals surface area contributed by atoms with Crippen LogP contribution in [0.1, 0.15) is 25.7 Å². The summed E-state index contributed by atoms with van der Waals surface area (Å²) in [7, 11) is 0. The van der Waals surface area contributed by atoms with E-state index >= 15 is 0 Å². The van der Waals surface area contributed by atoms with Crippen LogP contribution in [0.5, 0.6) is 0 Å². The third-order valence-electron chi connectivity index (χ3n) is 3.45. The normalized spacial score (nSPS) is 10.4. The number of aliphatic carboxylic acids is 2. The van der Waals surface area contributed by atoms with Crippen molar-refractivity contribution >= 4 is 17.8 Å². The summed E-state index contributed by atoms with van der Waals surface area (Å²) >= 11 is 0. The highest BCUT2D eigenvalue weighted by Gasteiger charge is 2.04. The highest BCUT2D eigenvalue weighted by atomic mass is 16.5. The minimum atomic E-state index is -0.969. The average Bonchev–Trinajstić information content (AvgIpc) is 2.78. The Morgan fingerprint density at radius 3 is 1.64 bits per heavy atom. The van der Waals surface area contributed by atoms with E-state index in [1.54, 1.807) is 0 Å². The van der Waals surface area contributed by atoms with Gasteiger partial charge in [-0.25, -0.2) is 4.79 Å². The van der Waals surface area contributed by atoms with E-state index in [9.17, 15) is 14.4 Å². The Morgan fingerprint density at radius 1 is 0.606 bits per heavy atom. The summed E-state index contributed by atoms with van der Waals surface area (Å²) in [4.78, 5) is 31.4. The van der Waals surface area contributed by atoms with Gasteiger partial charge in [-0.2, -0.15) is 0 Å². The van der Waals surface area contributed by atoms with Gasteiger partial charge < -0.3 is 50.7 Å². The van der Waals surface area contributed by atoms with Crippen LogP contribution in [-0.2, 0) is 38.1 Å². The Labute approximate surface area is 195 Å². The lowest BCUT2D eigenvalue weighted by molar-refractivity contribution is -0.142. The molecule has 13 heteroatoms. The topological polar surface area (TPSA) is 202 Å². The van der Waals surface area contributed by atoms with Gasteiger partial charge >= 0.3 is 11.9 Å². The molecule has 0 aliphatic heterocycles. The molecule has 13 nitrogen and oxygen atoms in total. The number of nitrogens with two attached hydrogens (primary N) is 2. The number of carbonyl (C=O) groups excluding carboxylic acids is 1. The summed E-state index contributed by atoms with van der Waals surface area (Å²) in [5, 5.41) is 19.2. The molecule has 0 aromatic heterocycles. The molecule has 0 rings (SSSR count). The minimum Gasteiger partial charge on any atom is -0.481 e. The zero-order chi connectivity index (χ0) is 25.0. The summed E-state index contributed by atoms with van der Waals surface area (Å²) in [6.45, 7) is 5.77. The van der Waals surface area contributed by atoms with Gasteiger partial charge in [-0.15, -0.1) is 0 Å². The molecule has 0 radical (unpaired) electrons. The largest absolute Gasteiger partial charge is 0.481 e. The van der Waals surface area contributed by atoms with E-state index in [-0.39, 0.29) is 25.4 Å². The van der Waals surface area contributed by atoms with Gasteiger partial charge in [0, 0.05) is 32.7 Å². The smallest absolute Gasteiger partial charge is 0.329 e. The molecule has 0 spiro atoms. The third kappa shape index (κ3) is 34.9. The van der Waals surface area contributed by atoms with Gasteiger partial charge in [0.05, 0.1) is 52.7 Å². The lowest BCUT2D eigenvalue weighted by atomic mass is 10.3. The van der Waals surface area contributed by atoms with Crippen molar-refractivity contribution in [1.29, 1.82) is 0 Å². The number of nitrogens with one attached hydrogen (secondary N) is 1. The fraction of sp³-hybridized carbons (Fsp3) is 0.850. The molecule has 0 heterocycles. The van der Waals surface area contributed by atoms with Crippen LogP contribution in [0.2, 0.25) is 0 Å². The summed E-state index contributed by atoms with van der Waals surface area (Å²) < 4.78 is 25.5. The van der Waals surface area contributed by atoms with Gasteiger partial charge in [-0.05, 0) is 19.4 Å². The van der Waals surface area contributed by atoms with Crippen LogP contribution in [0.3, 0.4) is 0 Å². The van der Waals surface area contributed by atoms with Crippen molar-refractivity contribution in [2.24, 2.45) is 11.5 Å². The highest BCUT2D eigenvalue weighted by molar-refractivity contribution is 5.80. The molecule has 0 atom stereocenters. The standard InChI is InChI=1S/C14H28N2O6.C6H13NO4/c15-5-1-7-20-9-11-22-12-10-21-8-2-6-16-13(17)3-4-14(18)19;7-1-2-10-3-4-11-5-6(8)9/h1-12,15H2,(H,16,17)(H,18,19);1-5,7H2,(H,8,9). The molecule has 0 aliphatic carbocycles. The molecule has 0 saturated carbocycles. The second-order valence-corrected chi connectivity index (χ2v) is 6.42. The van der Waals surface area contributed by atoms with Crippen molar-refractivity contribution in [2.75, 3.05) is 85.7 Å². The monoisotopic (exact) mass is 483 g/mol. The predicted molar refractivity (Wildman–Crippen MR) is 119 cm³/mol. The van der Waals surface area contributed by atoms with Crippen molar-refractivity contribution in [3.8, 4) is 0 Å². The van der Waals surface area contributed by atoms with Crippen LogP contribution >= 0.6 is 0 Å². The molecular formula is C20H41N3O10. The van der Waals surface area contributed by atoms with E-state index in [0.29, 0.717) is 85.5 Å². The number of hydrogen-bond donors (Lipinski definition) is 5. The van der Waals surface area contributed by atoms with Crippen molar-refractivity contribution in [3.63, 3.8) is 0 Å². The van der Waals surface area contributed by atoms with Crippen molar-refractivity contribution in [3.05, 3.63) is 0 Å². The number of rotatable bonds is 23. The van der Waals surface area contributed by atoms with Gasteiger partial charge in [0.1, 0.15) is 6.61 Å². The van der Waals surface area contributed by atoms with E-state index in [0.717, 1.165) is 6.42 Å². The Kier molecular flexibility index (Phi) is 28.4. The van der Waals surface area contributed by atoms with E-state index in [1.165, 1.54) is 0 Å². The van der Waals surface area contributed by atoms with Crippen LogP contribution < -0.4 is 16.8 Å². The summed E-state index contributed by atoms with van der Waals surface area (Å²) in [6.07, 6.45) is 1.41. The molecular weight excluding hydrogens is 442 g/mol. The van der Waals surface area contributed by atoms with E-state index in [4.69, 9.17) is 40.6 Å². The van der Waals surface area contributed by atoms with Crippen molar-refractivity contribution in [2.45, 2.75) is 25.7 Å². The van der Waals surface area contributed by atoms with Crippen molar-refractivity contribution in [1.82, 2.24) is 5.32 Å². The molecule has 0 saturated heterocycles. The molecule has 33 heavy (non-hydrogen) atoms. The van der Waals surface area contributed by atoms with Gasteiger partial charge in [-0.1, -0.05) is 0 Å². The predicted octanol–water partition coefficient (Wildman–Crippen LogP) is -1.18. The lowest BCUT2D eigenvalue weighted by Crippen LogP contribution is -2.25. The second kappa shape index (κ2) is 28.2. The average molecular weight is 484 g/mol. The number of hydrogen-bond acceptors (Lipinski definition) is 10. The van der Waals surface area contributed by atoms with Gasteiger partial charge in [0.15, 0.2) is 0 Å². The van der Waals surface area contributed by atoms with Gasteiger partial charge in [-0.3, -0.25) is 9.59 Å². The Hall–Kier alpha value is -1.87. The minimum absolute atomic E-state index is 0.0113. The number of carbonyl (C=O) groups is 3. The highest BCUT2D eigenvalue weighted by Crippen LogP contribution is 1.89. The zero-order valence-electron chi connectivity index (χ0n) is 19.3. The molecule has 0 aromatic carbocycles. The van der Waals surface area contributed by atoms with Crippen molar-refractivity contribution < 1.29 is 48.3 Å². The quantitative estimate of drug-likeness (QED) is 0.109. The maximum absolute atomic E-state index is 11.2. The Balaban J connectivity index is 0. The molecule has 0 unspecified atom stereocenters. The molecule has 0 bridgehead atoms. The fourth-order valence-corrected chi connectivity index (χ4v) is 1.90. The SMILES string of the molecule is NCCCOCCOCCOCCCNC(=O)CCC(=O)O.NCCOCCOCC(=O)O. The van der Waals surface area contributed by atoms with Crippen LogP contribution in [0.25, 0.3) is 0 Å². The number of amides is 1. The molecule has 0 aliphatic rings. The maximum atomic E-state index is 11.2. The van der Waals surface area contributed by atoms with E-state index < -0.39 is 11.9 Å². The Bertz CT molecular complexity index is 469.